The number of likely N-dealkylation sites (tertiary alicyclic amines) is 1. The monoisotopic (exact) mass is 344 g/mol. The van der Waals surface area contributed by atoms with E-state index < -0.39 is 0 Å². The third kappa shape index (κ3) is 3.56. The molecular weight excluding hydrogens is 319 g/mol. The minimum absolute atomic E-state index is 0.135. The maximum absolute atomic E-state index is 13.1. The van der Waals surface area contributed by atoms with Crippen molar-refractivity contribution in [3.05, 3.63) is 58.0 Å². The van der Waals surface area contributed by atoms with Crippen LogP contribution in [0.25, 0.3) is 0 Å². The molecule has 2 atom stereocenters. The van der Waals surface area contributed by atoms with Crippen LogP contribution in [0.1, 0.15) is 35.8 Å². The van der Waals surface area contributed by atoms with E-state index in [1.54, 1.807) is 23.5 Å². The van der Waals surface area contributed by atoms with Crippen LogP contribution in [-0.4, -0.2) is 37.6 Å². The minimum Gasteiger partial charge on any atom is -0.316 e. The molecule has 0 aliphatic carbocycles. The van der Waals surface area contributed by atoms with Crippen LogP contribution < -0.4 is 5.32 Å². The normalized spacial score (nSPS) is 26.0. The van der Waals surface area contributed by atoms with Crippen molar-refractivity contribution in [3.63, 3.8) is 0 Å². The number of benzene rings is 1. The molecule has 2 saturated heterocycles. The Hall–Kier alpha value is -1.23. The van der Waals surface area contributed by atoms with Crippen molar-refractivity contribution in [2.75, 3.05) is 32.7 Å². The number of piperidine rings is 1. The van der Waals surface area contributed by atoms with E-state index in [1.165, 1.54) is 30.5 Å². The van der Waals surface area contributed by atoms with Gasteiger partial charge in [0.15, 0.2) is 0 Å². The summed E-state index contributed by atoms with van der Waals surface area (Å²) < 4.78 is 13.1. The Bertz CT molecular complexity index is 632. The van der Waals surface area contributed by atoms with Crippen molar-refractivity contribution in [1.29, 1.82) is 0 Å². The topological polar surface area (TPSA) is 15.3 Å². The number of nitrogens with zero attached hydrogens (tertiary/aromatic N) is 1. The fourth-order valence-corrected chi connectivity index (χ4v) is 5.04. The first-order chi connectivity index (χ1) is 11.8. The van der Waals surface area contributed by atoms with Gasteiger partial charge in [0, 0.05) is 19.0 Å². The van der Waals surface area contributed by atoms with Gasteiger partial charge in [0.2, 0.25) is 0 Å². The Morgan fingerprint density at radius 1 is 1.04 bits per heavy atom. The van der Waals surface area contributed by atoms with Gasteiger partial charge >= 0.3 is 0 Å². The Labute approximate surface area is 147 Å². The van der Waals surface area contributed by atoms with Crippen molar-refractivity contribution in [1.82, 2.24) is 10.2 Å². The molecular formula is C20H25FN2S. The molecule has 4 rings (SSSR count). The quantitative estimate of drug-likeness (QED) is 0.899. The lowest BCUT2D eigenvalue weighted by Gasteiger charge is -2.34. The molecule has 0 unspecified atom stereocenters. The molecule has 0 saturated carbocycles. The second-order valence-electron chi connectivity index (χ2n) is 7.21. The van der Waals surface area contributed by atoms with Gasteiger partial charge in [0.25, 0.3) is 0 Å². The van der Waals surface area contributed by atoms with Crippen LogP contribution in [0.15, 0.2) is 41.1 Å². The van der Waals surface area contributed by atoms with E-state index in [0.29, 0.717) is 11.8 Å². The van der Waals surface area contributed by atoms with Crippen molar-refractivity contribution in [2.45, 2.75) is 24.7 Å². The smallest absolute Gasteiger partial charge is 0.123 e. The molecule has 0 spiro atoms. The zero-order chi connectivity index (χ0) is 16.4. The summed E-state index contributed by atoms with van der Waals surface area (Å²) >= 11 is 1.81. The molecule has 2 aromatic rings. The van der Waals surface area contributed by atoms with Crippen LogP contribution >= 0.6 is 11.3 Å². The highest BCUT2D eigenvalue weighted by molar-refractivity contribution is 7.08. The van der Waals surface area contributed by atoms with E-state index in [4.69, 9.17) is 0 Å². The lowest BCUT2D eigenvalue weighted by Crippen LogP contribution is -2.38. The summed E-state index contributed by atoms with van der Waals surface area (Å²) in [6, 6.07) is 9.40. The molecule has 0 bridgehead atoms. The molecule has 2 nitrogen and oxygen atoms in total. The highest BCUT2D eigenvalue weighted by Gasteiger charge is 2.31. The second kappa shape index (κ2) is 7.34. The van der Waals surface area contributed by atoms with E-state index in [0.717, 1.165) is 32.1 Å². The van der Waals surface area contributed by atoms with Gasteiger partial charge < -0.3 is 10.2 Å². The maximum atomic E-state index is 13.1. The Morgan fingerprint density at radius 2 is 1.83 bits per heavy atom. The van der Waals surface area contributed by atoms with Gasteiger partial charge in [-0.3, -0.25) is 0 Å². The summed E-state index contributed by atoms with van der Waals surface area (Å²) in [6.07, 6.45) is 2.38. The van der Waals surface area contributed by atoms with Crippen molar-refractivity contribution >= 4 is 11.3 Å². The van der Waals surface area contributed by atoms with Crippen LogP contribution in [0.5, 0.6) is 0 Å². The van der Waals surface area contributed by atoms with E-state index in [9.17, 15) is 4.39 Å². The molecule has 1 aromatic heterocycles. The van der Waals surface area contributed by atoms with Crippen molar-refractivity contribution in [3.8, 4) is 0 Å². The average Bonchev–Trinajstić information content (AvgIpc) is 3.27. The van der Waals surface area contributed by atoms with Gasteiger partial charge in [0.1, 0.15) is 5.82 Å². The van der Waals surface area contributed by atoms with Crippen LogP contribution in [0.2, 0.25) is 0 Å². The van der Waals surface area contributed by atoms with Gasteiger partial charge in [-0.2, -0.15) is 11.3 Å². The first-order valence-electron chi connectivity index (χ1n) is 9.00. The van der Waals surface area contributed by atoms with Gasteiger partial charge in [0.05, 0.1) is 0 Å². The number of hydrogen-bond donors (Lipinski definition) is 1. The molecule has 24 heavy (non-hydrogen) atoms. The molecule has 128 valence electrons. The zero-order valence-corrected chi connectivity index (χ0v) is 14.8. The Balaban J connectivity index is 1.32. The molecule has 3 heterocycles. The molecule has 2 aliphatic rings. The van der Waals surface area contributed by atoms with Gasteiger partial charge in [-0.05, 0) is 84.4 Å². The average molecular weight is 344 g/mol. The molecule has 2 fully saturated rings. The van der Waals surface area contributed by atoms with E-state index in [-0.39, 0.29) is 5.82 Å². The highest BCUT2D eigenvalue weighted by Crippen LogP contribution is 2.33. The number of hydrogen-bond acceptors (Lipinski definition) is 3. The highest BCUT2D eigenvalue weighted by atomic mass is 32.1. The fourth-order valence-electron chi connectivity index (χ4n) is 4.32. The maximum Gasteiger partial charge on any atom is 0.123 e. The Kier molecular flexibility index (Phi) is 4.97. The summed E-state index contributed by atoms with van der Waals surface area (Å²) in [5, 5.41) is 8.09. The third-order valence-electron chi connectivity index (χ3n) is 5.73. The lowest BCUT2D eigenvalue weighted by molar-refractivity contribution is 0.182. The molecule has 2 aliphatic heterocycles. The number of thiophene rings is 1. The fraction of sp³-hybridized carbons (Fsp3) is 0.500. The van der Waals surface area contributed by atoms with Crippen molar-refractivity contribution < 1.29 is 4.39 Å². The summed E-state index contributed by atoms with van der Waals surface area (Å²) in [6.45, 7) is 5.78. The van der Waals surface area contributed by atoms with Crippen molar-refractivity contribution in [2.24, 2.45) is 5.92 Å². The molecule has 1 aromatic carbocycles. The van der Waals surface area contributed by atoms with E-state index >= 15 is 0 Å². The summed E-state index contributed by atoms with van der Waals surface area (Å²) in [5.41, 5.74) is 2.81. The minimum atomic E-state index is -0.135. The third-order valence-corrected chi connectivity index (χ3v) is 6.43. The molecule has 4 heteroatoms. The first-order valence-corrected chi connectivity index (χ1v) is 9.94. The largest absolute Gasteiger partial charge is 0.316 e. The summed E-state index contributed by atoms with van der Waals surface area (Å²) in [4.78, 5) is 2.64. The van der Waals surface area contributed by atoms with Gasteiger partial charge in [-0.15, -0.1) is 0 Å². The number of nitrogens with one attached hydrogen (secondary N) is 1. The first kappa shape index (κ1) is 16.2. The lowest BCUT2D eigenvalue weighted by atomic mass is 9.87. The van der Waals surface area contributed by atoms with E-state index in [1.807, 2.05) is 12.1 Å². The van der Waals surface area contributed by atoms with Gasteiger partial charge in [-0.25, -0.2) is 4.39 Å². The van der Waals surface area contributed by atoms with Crippen LogP contribution in [0, 0.1) is 11.7 Å². The predicted molar refractivity (Wildman–Crippen MR) is 98.2 cm³/mol. The predicted octanol–water partition coefficient (Wildman–Crippen LogP) is 4.07. The van der Waals surface area contributed by atoms with Gasteiger partial charge in [-0.1, -0.05) is 12.1 Å². The standard InChI is InChI=1S/C20H25FN2S/c21-19-3-1-15(2-4-19)16-5-8-23(9-6-16)13-18-11-22-12-20(18)17-7-10-24-14-17/h1-4,7,10,14,16,18,20,22H,5-6,8-9,11-13H2/t18-,20-/m0/s1. The Morgan fingerprint density at radius 3 is 2.54 bits per heavy atom. The van der Waals surface area contributed by atoms with Crippen LogP contribution in [0.4, 0.5) is 4.39 Å². The number of halogens is 1. The zero-order valence-electron chi connectivity index (χ0n) is 14.0. The SMILES string of the molecule is Fc1ccc(C2CCN(C[C@@H]3CNC[C@H]3c3ccsc3)CC2)cc1. The number of rotatable bonds is 4. The van der Waals surface area contributed by atoms with Crippen LogP contribution in [-0.2, 0) is 0 Å². The summed E-state index contributed by atoms with van der Waals surface area (Å²) in [7, 11) is 0. The van der Waals surface area contributed by atoms with E-state index in [2.05, 4.69) is 27.0 Å². The molecule has 1 N–H and O–H groups in total. The molecule has 0 amide bonds. The summed E-state index contributed by atoms with van der Waals surface area (Å²) in [5.74, 6) is 1.86. The van der Waals surface area contributed by atoms with Crippen LogP contribution in [0.3, 0.4) is 0 Å². The molecule has 0 radical (unpaired) electrons. The second-order valence-corrected chi connectivity index (χ2v) is 7.99.